The summed E-state index contributed by atoms with van der Waals surface area (Å²) >= 11 is 11.7. The fourth-order valence-electron chi connectivity index (χ4n) is 0.875. The third-order valence-corrected chi connectivity index (χ3v) is 2.26. The lowest BCUT2D eigenvalue weighted by Gasteiger charge is -2.03. The fourth-order valence-corrected chi connectivity index (χ4v) is 1.26. The maximum absolute atomic E-state index is 5.90. The van der Waals surface area contributed by atoms with Crippen molar-refractivity contribution in [3.63, 3.8) is 0 Å². The van der Waals surface area contributed by atoms with Crippen molar-refractivity contribution >= 4 is 35.6 Å². The van der Waals surface area contributed by atoms with Crippen LogP contribution < -0.4 is 5.32 Å². The summed E-state index contributed by atoms with van der Waals surface area (Å²) in [7, 11) is 1.87. The molecule has 0 unspecified atom stereocenters. The van der Waals surface area contributed by atoms with Crippen LogP contribution >= 0.6 is 35.6 Å². The van der Waals surface area contributed by atoms with Crippen LogP contribution in [0.25, 0.3) is 0 Å². The SMILES string of the molecule is CNCc1cccc(Cl)c1Cl.Cl. The highest BCUT2D eigenvalue weighted by molar-refractivity contribution is 6.42. The molecule has 0 aliphatic heterocycles. The van der Waals surface area contributed by atoms with Gasteiger partial charge in [-0.1, -0.05) is 35.3 Å². The molecule has 0 bridgehead atoms. The van der Waals surface area contributed by atoms with Crippen molar-refractivity contribution in [2.75, 3.05) is 7.05 Å². The Morgan fingerprint density at radius 1 is 1.33 bits per heavy atom. The van der Waals surface area contributed by atoms with Gasteiger partial charge in [0.25, 0.3) is 0 Å². The first-order chi connectivity index (χ1) is 5.25. The molecular formula is C8H10Cl3N. The molecule has 0 heterocycles. The summed E-state index contributed by atoms with van der Waals surface area (Å²) < 4.78 is 0. The van der Waals surface area contributed by atoms with Gasteiger partial charge in [-0.05, 0) is 18.7 Å². The molecule has 1 rings (SSSR count). The molecule has 0 atom stereocenters. The largest absolute Gasteiger partial charge is 0.316 e. The zero-order valence-electron chi connectivity index (χ0n) is 6.60. The van der Waals surface area contributed by atoms with Crippen molar-refractivity contribution in [3.05, 3.63) is 33.8 Å². The number of hydrogen-bond donors (Lipinski definition) is 1. The van der Waals surface area contributed by atoms with E-state index in [9.17, 15) is 0 Å². The summed E-state index contributed by atoms with van der Waals surface area (Å²) in [5.41, 5.74) is 1.03. The van der Waals surface area contributed by atoms with E-state index in [-0.39, 0.29) is 12.4 Å². The Labute approximate surface area is 88.5 Å². The zero-order chi connectivity index (χ0) is 8.27. The van der Waals surface area contributed by atoms with Crippen molar-refractivity contribution in [2.45, 2.75) is 6.54 Å². The summed E-state index contributed by atoms with van der Waals surface area (Å²) in [6.45, 7) is 0.749. The highest BCUT2D eigenvalue weighted by Crippen LogP contribution is 2.24. The first kappa shape index (κ1) is 12.0. The smallest absolute Gasteiger partial charge is 0.0637 e. The van der Waals surface area contributed by atoms with E-state index in [4.69, 9.17) is 23.2 Å². The first-order valence-corrected chi connectivity index (χ1v) is 4.09. The Morgan fingerprint density at radius 2 is 2.00 bits per heavy atom. The first-order valence-electron chi connectivity index (χ1n) is 3.33. The molecule has 0 amide bonds. The molecule has 0 radical (unpaired) electrons. The van der Waals surface area contributed by atoms with E-state index in [0.29, 0.717) is 10.0 Å². The van der Waals surface area contributed by atoms with Crippen LogP contribution in [0.15, 0.2) is 18.2 Å². The quantitative estimate of drug-likeness (QED) is 0.817. The highest BCUT2D eigenvalue weighted by atomic mass is 35.5. The molecule has 1 N–H and O–H groups in total. The monoisotopic (exact) mass is 225 g/mol. The van der Waals surface area contributed by atoms with E-state index < -0.39 is 0 Å². The van der Waals surface area contributed by atoms with Gasteiger partial charge >= 0.3 is 0 Å². The topological polar surface area (TPSA) is 12.0 Å². The molecule has 4 heteroatoms. The lowest BCUT2D eigenvalue weighted by atomic mass is 10.2. The van der Waals surface area contributed by atoms with E-state index in [0.717, 1.165) is 12.1 Å². The van der Waals surface area contributed by atoms with Crippen LogP contribution in [0.3, 0.4) is 0 Å². The van der Waals surface area contributed by atoms with Gasteiger partial charge in [-0.3, -0.25) is 0 Å². The lowest BCUT2D eigenvalue weighted by molar-refractivity contribution is 0.818. The molecule has 0 aliphatic rings. The molecule has 0 saturated carbocycles. The Bertz CT molecular complexity index is 250. The predicted molar refractivity (Wildman–Crippen MR) is 56.5 cm³/mol. The second kappa shape index (κ2) is 5.65. The van der Waals surface area contributed by atoms with Crippen molar-refractivity contribution in [1.82, 2.24) is 5.32 Å². The number of nitrogens with one attached hydrogen (secondary N) is 1. The molecule has 1 aromatic carbocycles. The van der Waals surface area contributed by atoms with Crippen LogP contribution in [0.4, 0.5) is 0 Å². The minimum Gasteiger partial charge on any atom is -0.316 e. The molecule has 12 heavy (non-hydrogen) atoms. The van der Waals surface area contributed by atoms with Gasteiger partial charge in [-0.15, -0.1) is 12.4 Å². The van der Waals surface area contributed by atoms with Gasteiger partial charge in [0.05, 0.1) is 10.0 Å². The van der Waals surface area contributed by atoms with E-state index in [2.05, 4.69) is 5.32 Å². The number of halogens is 3. The normalized spacial score (nSPS) is 9.25. The van der Waals surface area contributed by atoms with E-state index in [1.807, 2.05) is 19.2 Å². The van der Waals surface area contributed by atoms with Gasteiger partial charge in [0, 0.05) is 6.54 Å². The van der Waals surface area contributed by atoms with E-state index in [1.165, 1.54) is 0 Å². The van der Waals surface area contributed by atoms with Crippen LogP contribution in [-0.2, 0) is 6.54 Å². The van der Waals surface area contributed by atoms with Crippen molar-refractivity contribution in [3.8, 4) is 0 Å². The maximum atomic E-state index is 5.90. The summed E-state index contributed by atoms with van der Waals surface area (Å²) in [6, 6.07) is 5.62. The lowest BCUT2D eigenvalue weighted by Crippen LogP contribution is -2.05. The zero-order valence-corrected chi connectivity index (χ0v) is 8.93. The van der Waals surface area contributed by atoms with Gasteiger partial charge in [-0.2, -0.15) is 0 Å². The van der Waals surface area contributed by atoms with Crippen LogP contribution in [0.5, 0.6) is 0 Å². The van der Waals surface area contributed by atoms with Crippen LogP contribution in [0.2, 0.25) is 10.0 Å². The fraction of sp³-hybridized carbons (Fsp3) is 0.250. The average molecular weight is 227 g/mol. The highest BCUT2D eigenvalue weighted by Gasteiger charge is 2.01. The summed E-state index contributed by atoms with van der Waals surface area (Å²) in [4.78, 5) is 0. The Morgan fingerprint density at radius 3 is 2.58 bits per heavy atom. The summed E-state index contributed by atoms with van der Waals surface area (Å²) in [5.74, 6) is 0. The van der Waals surface area contributed by atoms with Gasteiger partial charge in [-0.25, -0.2) is 0 Å². The molecule has 0 aromatic heterocycles. The van der Waals surface area contributed by atoms with Gasteiger partial charge in [0.1, 0.15) is 0 Å². The minimum atomic E-state index is 0. The van der Waals surface area contributed by atoms with Crippen LogP contribution in [0, 0.1) is 0 Å². The van der Waals surface area contributed by atoms with Crippen molar-refractivity contribution in [2.24, 2.45) is 0 Å². The number of rotatable bonds is 2. The van der Waals surface area contributed by atoms with E-state index >= 15 is 0 Å². The molecular weight excluding hydrogens is 216 g/mol. The van der Waals surface area contributed by atoms with Gasteiger partial charge in [0.15, 0.2) is 0 Å². The minimum absolute atomic E-state index is 0. The van der Waals surface area contributed by atoms with Gasteiger partial charge in [0.2, 0.25) is 0 Å². The van der Waals surface area contributed by atoms with E-state index in [1.54, 1.807) is 6.07 Å². The Hall–Kier alpha value is 0.0500. The third kappa shape index (κ3) is 2.83. The summed E-state index contributed by atoms with van der Waals surface area (Å²) in [5, 5.41) is 4.26. The van der Waals surface area contributed by atoms with Crippen LogP contribution in [-0.4, -0.2) is 7.05 Å². The molecule has 0 saturated heterocycles. The molecule has 0 aliphatic carbocycles. The number of benzene rings is 1. The summed E-state index contributed by atoms with van der Waals surface area (Å²) in [6.07, 6.45) is 0. The maximum Gasteiger partial charge on any atom is 0.0637 e. The second-order valence-corrected chi connectivity index (χ2v) is 3.03. The third-order valence-electron chi connectivity index (χ3n) is 1.40. The van der Waals surface area contributed by atoms with Crippen molar-refractivity contribution in [1.29, 1.82) is 0 Å². The standard InChI is InChI=1S/C8H9Cl2N.ClH/c1-11-5-6-3-2-4-7(9)8(6)10;/h2-4,11H,5H2,1H3;1H. The second-order valence-electron chi connectivity index (χ2n) is 2.24. The molecule has 0 fully saturated rings. The molecule has 0 spiro atoms. The molecule has 68 valence electrons. The number of hydrogen-bond acceptors (Lipinski definition) is 1. The molecule has 1 nitrogen and oxygen atoms in total. The Kier molecular flexibility index (Phi) is 5.68. The predicted octanol–water partition coefficient (Wildman–Crippen LogP) is 3.13. The van der Waals surface area contributed by atoms with Crippen LogP contribution in [0.1, 0.15) is 5.56 Å². The molecule has 1 aromatic rings. The Balaban J connectivity index is 0.00000121. The average Bonchev–Trinajstić information content (AvgIpc) is 1.99. The van der Waals surface area contributed by atoms with Gasteiger partial charge < -0.3 is 5.32 Å². The van der Waals surface area contributed by atoms with Crippen molar-refractivity contribution < 1.29 is 0 Å².